The largest absolute Gasteiger partial charge is 0.493 e. The molecule has 0 radical (unpaired) electrons. The number of methoxy groups -OCH3 is 1. The smallest absolute Gasteiger partial charge is 0.258 e. The molecule has 2 N–H and O–H groups in total. The number of nitrogens with zero attached hydrogens (tertiary/aromatic N) is 2. The van der Waals surface area contributed by atoms with Crippen LogP contribution < -0.4 is 29.7 Å². The molecule has 0 saturated carbocycles. The zero-order chi connectivity index (χ0) is 30.5. The Morgan fingerprint density at radius 1 is 0.955 bits per heavy atom. The van der Waals surface area contributed by atoms with E-state index in [1.165, 1.54) is 5.56 Å². The monoisotopic (exact) mass is 598 g/mol. The molecule has 10 nitrogen and oxygen atoms in total. The average Bonchev–Trinajstić information content (AvgIpc) is 3.48. The number of hydrogen-bond donors (Lipinski definition) is 2. The number of benzene rings is 3. The Kier molecular flexibility index (Phi) is 8.97. The molecule has 2 atom stereocenters. The molecule has 3 amide bonds. The van der Waals surface area contributed by atoms with Crippen molar-refractivity contribution in [1.29, 1.82) is 0 Å². The lowest BCUT2D eigenvalue weighted by Crippen LogP contribution is -2.58. The predicted molar refractivity (Wildman–Crippen MR) is 165 cm³/mol. The molecular weight excluding hydrogens is 560 g/mol. The zero-order valence-corrected chi connectivity index (χ0v) is 24.9. The van der Waals surface area contributed by atoms with Crippen LogP contribution in [0.2, 0.25) is 0 Å². The van der Waals surface area contributed by atoms with Crippen LogP contribution in [0.15, 0.2) is 66.7 Å². The van der Waals surface area contributed by atoms with Gasteiger partial charge in [-0.05, 0) is 66.3 Å². The van der Waals surface area contributed by atoms with Crippen LogP contribution in [0.5, 0.6) is 17.2 Å². The van der Waals surface area contributed by atoms with Crippen molar-refractivity contribution in [3.63, 3.8) is 0 Å². The molecule has 44 heavy (non-hydrogen) atoms. The number of amides is 3. The topological polar surface area (TPSA) is 109 Å². The van der Waals surface area contributed by atoms with Crippen LogP contribution in [0.4, 0.5) is 5.69 Å². The number of ether oxygens (including phenoxy) is 3. The van der Waals surface area contributed by atoms with E-state index in [2.05, 4.69) is 21.6 Å². The van der Waals surface area contributed by atoms with E-state index in [1.807, 2.05) is 59.5 Å². The normalized spacial score (nSPS) is 20.9. The Morgan fingerprint density at radius 3 is 2.61 bits per heavy atom. The highest BCUT2D eigenvalue weighted by Crippen LogP contribution is 2.30. The van der Waals surface area contributed by atoms with E-state index in [-0.39, 0.29) is 43.0 Å². The summed E-state index contributed by atoms with van der Waals surface area (Å²) in [5, 5.41) is 6.09. The predicted octanol–water partition coefficient (Wildman–Crippen LogP) is 2.86. The van der Waals surface area contributed by atoms with Gasteiger partial charge in [0.15, 0.2) is 18.1 Å². The van der Waals surface area contributed by atoms with Crippen LogP contribution in [0.25, 0.3) is 0 Å². The number of fused-ring (bicyclic) bond motifs is 1. The SMILES string of the molecule is COc1cc2ccc1OCC(=O)N[C@@H]1CN(CC(=O)N3CCc4ccccc43)CC[C@H]1Oc1ccc(cc1)CNC(=O)CC2. The number of likely N-dealkylation sites (tertiary alicyclic amines) is 1. The summed E-state index contributed by atoms with van der Waals surface area (Å²) in [7, 11) is 1.54. The summed E-state index contributed by atoms with van der Waals surface area (Å²) in [5.74, 6) is 1.33. The first kappa shape index (κ1) is 29.5. The molecule has 9 rings (SSSR count). The molecular formula is C34H38N4O6. The first-order chi connectivity index (χ1) is 21.4. The molecule has 1 fully saturated rings. The highest BCUT2D eigenvalue weighted by Gasteiger charge is 2.34. The number of para-hydroxylation sites is 1. The van der Waals surface area contributed by atoms with Crippen LogP contribution in [-0.2, 0) is 33.8 Å². The van der Waals surface area contributed by atoms with E-state index in [0.717, 1.165) is 23.2 Å². The van der Waals surface area contributed by atoms with Gasteiger partial charge < -0.3 is 29.7 Å². The van der Waals surface area contributed by atoms with Gasteiger partial charge >= 0.3 is 0 Å². The average molecular weight is 599 g/mol. The van der Waals surface area contributed by atoms with Crippen molar-refractivity contribution in [2.75, 3.05) is 44.8 Å². The Hall–Kier alpha value is -4.57. The Labute approximate surface area is 257 Å². The van der Waals surface area contributed by atoms with E-state index in [4.69, 9.17) is 14.2 Å². The van der Waals surface area contributed by atoms with Crippen LogP contribution in [0, 0.1) is 0 Å². The number of anilines is 1. The van der Waals surface area contributed by atoms with Crippen LogP contribution in [0.1, 0.15) is 29.5 Å². The molecule has 230 valence electrons. The Bertz CT molecular complexity index is 1510. The van der Waals surface area contributed by atoms with Crippen LogP contribution in [0.3, 0.4) is 0 Å². The number of piperidine rings is 1. The third-order valence-corrected chi connectivity index (χ3v) is 8.46. The second-order valence-electron chi connectivity index (χ2n) is 11.5. The molecule has 10 heteroatoms. The fourth-order valence-corrected chi connectivity index (χ4v) is 6.08. The van der Waals surface area contributed by atoms with E-state index < -0.39 is 0 Å². The number of nitrogens with one attached hydrogen (secondary N) is 2. The van der Waals surface area contributed by atoms with Crippen molar-refractivity contribution in [1.82, 2.24) is 15.5 Å². The molecule has 0 aliphatic carbocycles. The molecule has 0 spiro atoms. The minimum atomic E-state index is -0.368. The summed E-state index contributed by atoms with van der Waals surface area (Å²) < 4.78 is 17.8. The van der Waals surface area contributed by atoms with Gasteiger partial charge in [-0.15, -0.1) is 0 Å². The summed E-state index contributed by atoms with van der Waals surface area (Å²) in [6, 6.07) is 20.8. The van der Waals surface area contributed by atoms with Crippen LogP contribution in [-0.4, -0.2) is 74.7 Å². The second kappa shape index (κ2) is 13.4. The molecule has 3 aromatic rings. The molecule has 6 aliphatic rings. The van der Waals surface area contributed by atoms with Crippen molar-refractivity contribution < 1.29 is 28.6 Å². The number of carbonyl (C=O) groups is 3. The Morgan fingerprint density at radius 2 is 1.77 bits per heavy atom. The molecule has 6 heterocycles. The van der Waals surface area contributed by atoms with E-state index >= 15 is 0 Å². The highest BCUT2D eigenvalue weighted by molar-refractivity contribution is 5.96. The minimum Gasteiger partial charge on any atom is -0.493 e. The van der Waals surface area contributed by atoms with Gasteiger partial charge in [0.25, 0.3) is 5.91 Å². The molecule has 1 saturated heterocycles. The minimum absolute atomic E-state index is 0.0438. The van der Waals surface area contributed by atoms with Crippen molar-refractivity contribution >= 4 is 23.4 Å². The van der Waals surface area contributed by atoms with Gasteiger partial charge in [-0.25, -0.2) is 0 Å². The van der Waals surface area contributed by atoms with Crippen molar-refractivity contribution in [2.45, 2.75) is 44.4 Å². The quantitative estimate of drug-likeness (QED) is 0.477. The van der Waals surface area contributed by atoms with E-state index in [1.54, 1.807) is 13.2 Å². The van der Waals surface area contributed by atoms with Gasteiger partial charge in [0.2, 0.25) is 11.8 Å². The van der Waals surface area contributed by atoms with E-state index in [9.17, 15) is 14.4 Å². The van der Waals surface area contributed by atoms with E-state index in [0.29, 0.717) is 62.7 Å². The maximum absolute atomic E-state index is 13.4. The van der Waals surface area contributed by atoms with Gasteiger partial charge in [0, 0.05) is 38.3 Å². The van der Waals surface area contributed by atoms with Crippen LogP contribution >= 0.6 is 0 Å². The van der Waals surface area contributed by atoms with Gasteiger partial charge in [-0.3, -0.25) is 19.3 Å². The van der Waals surface area contributed by atoms with Crippen molar-refractivity contribution in [3.05, 3.63) is 83.4 Å². The third-order valence-electron chi connectivity index (χ3n) is 8.46. The first-order valence-electron chi connectivity index (χ1n) is 15.2. The molecule has 0 aromatic heterocycles. The summed E-state index contributed by atoms with van der Waals surface area (Å²) >= 11 is 0. The van der Waals surface area contributed by atoms with Gasteiger partial charge in [-0.1, -0.05) is 36.4 Å². The fraction of sp³-hybridized carbons (Fsp3) is 0.382. The Balaban J connectivity index is 1.18. The zero-order valence-electron chi connectivity index (χ0n) is 24.9. The number of hydrogen-bond acceptors (Lipinski definition) is 7. The summed E-state index contributed by atoms with van der Waals surface area (Å²) in [5.41, 5.74) is 4.07. The van der Waals surface area contributed by atoms with Gasteiger partial charge in [-0.2, -0.15) is 0 Å². The lowest BCUT2D eigenvalue weighted by molar-refractivity contribution is -0.125. The summed E-state index contributed by atoms with van der Waals surface area (Å²) in [4.78, 5) is 43.0. The van der Waals surface area contributed by atoms with Crippen molar-refractivity contribution in [2.24, 2.45) is 0 Å². The fourth-order valence-electron chi connectivity index (χ4n) is 6.08. The maximum Gasteiger partial charge on any atom is 0.258 e. The molecule has 0 unspecified atom stereocenters. The third kappa shape index (κ3) is 6.97. The van der Waals surface area contributed by atoms with Crippen molar-refractivity contribution in [3.8, 4) is 17.2 Å². The summed E-state index contributed by atoms with van der Waals surface area (Å²) in [6.45, 7) is 2.26. The standard InChI is InChI=1S/C34H38N4O6/c1-42-31-18-23-8-12-30(31)43-22-33(40)36-27-20-37(21-34(41)38-17-14-25-4-2-3-5-28(25)38)16-15-29(27)44-26-10-6-24(7-11-26)19-35-32(39)13-9-23/h2-8,10-12,18,27,29H,9,13-17,19-22H2,1H3,(H,35,39)(H,36,40)/t27-,29-/m1/s1. The van der Waals surface area contributed by atoms with Gasteiger partial charge in [0.05, 0.1) is 19.7 Å². The molecule has 6 aliphatic heterocycles. The summed E-state index contributed by atoms with van der Waals surface area (Å²) in [6.07, 6.45) is 2.06. The maximum atomic E-state index is 13.4. The molecule has 3 aromatic carbocycles. The second-order valence-corrected chi connectivity index (χ2v) is 11.5. The highest BCUT2D eigenvalue weighted by atomic mass is 16.5. The van der Waals surface area contributed by atoms with Gasteiger partial charge in [0.1, 0.15) is 11.9 Å². The number of rotatable bonds is 3. The first-order valence-corrected chi connectivity index (χ1v) is 15.2. The molecule has 4 bridgehead atoms. The lowest BCUT2D eigenvalue weighted by Gasteiger charge is -2.39. The lowest BCUT2D eigenvalue weighted by atomic mass is 10.0. The number of aryl methyl sites for hydroxylation is 1. The number of carbonyl (C=O) groups excluding carboxylic acids is 3.